The van der Waals surface area contributed by atoms with Gasteiger partial charge >= 0.3 is 0 Å². The highest BCUT2D eigenvalue weighted by Crippen LogP contribution is 2.76. The normalized spacial score (nSPS) is 49.4. The lowest BCUT2D eigenvalue weighted by Gasteiger charge is -2.70. The maximum Gasteiger partial charge on any atom is 0.229 e. The molecular formula is C16H22Cl2O2. The SMILES string of the molecule is CCC12CC3CC(C1)CC(C(=O)Cl)(C3)C2(CC)C(=O)Cl. The van der Waals surface area contributed by atoms with Crippen LogP contribution in [-0.2, 0) is 9.59 Å². The van der Waals surface area contributed by atoms with Crippen molar-refractivity contribution in [1.82, 2.24) is 0 Å². The molecule has 4 aliphatic carbocycles. The van der Waals surface area contributed by atoms with Crippen LogP contribution >= 0.6 is 23.2 Å². The molecule has 0 N–H and O–H groups in total. The van der Waals surface area contributed by atoms with Gasteiger partial charge in [-0.05, 0) is 85.4 Å². The summed E-state index contributed by atoms with van der Waals surface area (Å²) in [6, 6.07) is 0. The van der Waals surface area contributed by atoms with Gasteiger partial charge in [0.1, 0.15) is 0 Å². The van der Waals surface area contributed by atoms with Gasteiger partial charge in [-0.1, -0.05) is 13.8 Å². The number of hydrogen-bond acceptors (Lipinski definition) is 2. The molecule has 0 spiro atoms. The average Bonchev–Trinajstić information content (AvgIpc) is 2.37. The van der Waals surface area contributed by atoms with Crippen LogP contribution in [0.1, 0.15) is 58.8 Å². The van der Waals surface area contributed by atoms with E-state index in [0.717, 1.165) is 32.1 Å². The van der Waals surface area contributed by atoms with E-state index in [1.54, 1.807) is 0 Å². The topological polar surface area (TPSA) is 34.1 Å². The molecular weight excluding hydrogens is 295 g/mol. The van der Waals surface area contributed by atoms with Crippen LogP contribution in [-0.4, -0.2) is 10.5 Å². The Morgan fingerprint density at radius 1 is 0.950 bits per heavy atom. The standard InChI is InChI=1S/C16H22Cl2O2/c1-3-14-6-10-5-11(7-14)9-15(8-10,12(17)19)16(14,4-2)13(18)20/h10-11H,3-9H2,1-2H3. The second kappa shape index (κ2) is 4.46. The van der Waals surface area contributed by atoms with Gasteiger partial charge in [-0.2, -0.15) is 0 Å². The molecule has 3 unspecified atom stereocenters. The van der Waals surface area contributed by atoms with E-state index < -0.39 is 10.8 Å². The monoisotopic (exact) mass is 316 g/mol. The van der Waals surface area contributed by atoms with Gasteiger partial charge < -0.3 is 0 Å². The number of rotatable bonds is 4. The molecule has 3 atom stereocenters. The molecule has 4 aliphatic rings. The molecule has 0 saturated heterocycles. The van der Waals surface area contributed by atoms with E-state index in [-0.39, 0.29) is 15.9 Å². The Hall–Kier alpha value is -0.0800. The zero-order chi connectivity index (χ0) is 14.8. The van der Waals surface area contributed by atoms with Crippen molar-refractivity contribution in [3.8, 4) is 0 Å². The molecule has 4 fully saturated rings. The molecule has 112 valence electrons. The van der Waals surface area contributed by atoms with E-state index in [2.05, 4.69) is 6.92 Å². The highest BCUT2D eigenvalue weighted by atomic mass is 35.5. The highest BCUT2D eigenvalue weighted by molar-refractivity contribution is 6.68. The largest absolute Gasteiger partial charge is 0.281 e. The summed E-state index contributed by atoms with van der Waals surface area (Å²) in [5.74, 6) is 1.08. The maximum absolute atomic E-state index is 12.5. The van der Waals surface area contributed by atoms with Crippen molar-refractivity contribution in [1.29, 1.82) is 0 Å². The Labute approximate surface area is 130 Å². The van der Waals surface area contributed by atoms with Gasteiger partial charge in [0.2, 0.25) is 10.5 Å². The molecule has 20 heavy (non-hydrogen) atoms. The summed E-state index contributed by atoms with van der Waals surface area (Å²) in [6.07, 6.45) is 6.35. The molecule has 0 aromatic rings. The van der Waals surface area contributed by atoms with Gasteiger partial charge in [-0.3, -0.25) is 9.59 Å². The predicted octanol–water partition coefficient (Wildman–Crippen LogP) is 4.52. The van der Waals surface area contributed by atoms with Crippen LogP contribution in [0.15, 0.2) is 0 Å². The minimum Gasteiger partial charge on any atom is -0.281 e. The van der Waals surface area contributed by atoms with Crippen molar-refractivity contribution in [2.24, 2.45) is 28.1 Å². The highest BCUT2D eigenvalue weighted by Gasteiger charge is 2.75. The van der Waals surface area contributed by atoms with Crippen molar-refractivity contribution in [3.63, 3.8) is 0 Å². The van der Waals surface area contributed by atoms with Crippen molar-refractivity contribution < 1.29 is 9.59 Å². The van der Waals surface area contributed by atoms with E-state index in [0.29, 0.717) is 18.3 Å². The molecule has 4 rings (SSSR count). The fraction of sp³-hybridized carbons (Fsp3) is 0.875. The molecule has 0 amide bonds. The average molecular weight is 317 g/mol. The third kappa shape index (κ3) is 1.43. The molecule has 0 aliphatic heterocycles. The van der Waals surface area contributed by atoms with Gasteiger partial charge in [0.05, 0.1) is 10.8 Å². The Kier molecular flexibility index (Phi) is 3.31. The second-order valence-corrected chi connectivity index (χ2v) is 7.99. The first-order chi connectivity index (χ1) is 9.37. The predicted molar refractivity (Wildman–Crippen MR) is 79.7 cm³/mol. The lowest BCUT2D eigenvalue weighted by molar-refractivity contribution is -0.219. The number of carbonyl (C=O) groups is 2. The van der Waals surface area contributed by atoms with Crippen molar-refractivity contribution in [3.05, 3.63) is 0 Å². The summed E-state index contributed by atoms with van der Waals surface area (Å²) in [4.78, 5) is 24.9. The van der Waals surface area contributed by atoms with Crippen LogP contribution in [0.4, 0.5) is 0 Å². The molecule has 4 bridgehead atoms. The van der Waals surface area contributed by atoms with Crippen molar-refractivity contribution in [2.75, 3.05) is 0 Å². The maximum atomic E-state index is 12.5. The van der Waals surface area contributed by atoms with Crippen molar-refractivity contribution >= 4 is 33.7 Å². The van der Waals surface area contributed by atoms with Crippen LogP contribution < -0.4 is 0 Å². The first-order valence-corrected chi connectivity index (χ1v) is 8.53. The van der Waals surface area contributed by atoms with Gasteiger partial charge in [0.25, 0.3) is 0 Å². The minimum absolute atomic E-state index is 0.116. The fourth-order valence-electron chi connectivity index (χ4n) is 6.58. The van der Waals surface area contributed by atoms with Gasteiger partial charge in [0.15, 0.2) is 0 Å². The minimum atomic E-state index is -0.747. The molecule has 0 aromatic heterocycles. The summed E-state index contributed by atoms with van der Waals surface area (Å²) >= 11 is 12.2. The Bertz CT molecular complexity index is 459. The zero-order valence-corrected chi connectivity index (χ0v) is 13.7. The smallest absolute Gasteiger partial charge is 0.229 e. The number of carbonyl (C=O) groups excluding carboxylic acids is 2. The molecule has 2 nitrogen and oxygen atoms in total. The zero-order valence-electron chi connectivity index (χ0n) is 12.2. The first-order valence-electron chi connectivity index (χ1n) is 7.77. The van der Waals surface area contributed by atoms with Gasteiger partial charge in [0, 0.05) is 0 Å². The second-order valence-electron chi connectivity index (χ2n) is 7.31. The quantitative estimate of drug-likeness (QED) is 0.714. The Morgan fingerprint density at radius 2 is 1.50 bits per heavy atom. The third-order valence-corrected chi connectivity index (χ3v) is 7.63. The summed E-state index contributed by atoms with van der Waals surface area (Å²) < 4.78 is 0. The van der Waals surface area contributed by atoms with E-state index in [9.17, 15) is 9.59 Å². The molecule has 4 saturated carbocycles. The summed E-state index contributed by atoms with van der Waals surface area (Å²) in [5, 5.41) is -0.644. The van der Waals surface area contributed by atoms with Crippen LogP contribution in [0.2, 0.25) is 0 Å². The van der Waals surface area contributed by atoms with Crippen LogP contribution in [0.5, 0.6) is 0 Å². The van der Waals surface area contributed by atoms with E-state index in [1.807, 2.05) is 6.92 Å². The molecule has 4 heteroatoms. The molecule has 0 heterocycles. The lowest BCUT2D eigenvalue weighted by Crippen LogP contribution is -2.69. The Balaban J connectivity index is 2.26. The lowest BCUT2D eigenvalue weighted by atomic mass is 9.33. The summed E-state index contributed by atoms with van der Waals surface area (Å²) in [7, 11) is 0. The van der Waals surface area contributed by atoms with Gasteiger partial charge in [-0.25, -0.2) is 0 Å². The summed E-state index contributed by atoms with van der Waals surface area (Å²) in [6.45, 7) is 4.14. The van der Waals surface area contributed by atoms with Gasteiger partial charge in [-0.15, -0.1) is 0 Å². The fourth-order valence-corrected chi connectivity index (χ4v) is 7.41. The van der Waals surface area contributed by atoms with Crippen LogP contribution in [0, 0.1) is 28.1 Å². The summed E-state index contributed by atoms with van der Waals surface area (Å²) in [5.41, 5.74) is -1.57. The van der Waals surface area contributed by atoms with Crippen molar-refractivity contribution in [2.45, 2.75) is 58.8 Å². The number of halogens is 2. The molecule has 0 aromatic carbocycles. The van der Waals surface area contributed by atoms with E-state index in [4.69, 9.17) is 23.2 Å². The van der Waals surface area contributed by atoms with E-state index in [1.165, 1.54) is 6.42 Å². The van der Waals surface area contributed by atoms with Crippen LogP contribution in [0.3, 0.4) is 0 Å². The molecule has 0 radical (unpaired) electrons. The first kappa shape index (κ1) is 14.8. The van der Waals surface area contributed by atoms with Crippen LogP contribution in [0.25, 0.3) is 0 Å². The van der Waals surface area contributed by atoms with E-state index >= 15 is 0 Å². The third-order valence-electron chi connectivity index (χ3n) is 6.94. The Morgan fingerprint density at radius 3 is 1.85 bits per heavy atom. The number of hydrogen-bond donors (Lipinski definition) is 0.